The molecule has 2 atom stereocenters. The Morgan fingerprint density at radius 3 is 2.72 bits per heavy atom. The summed E-state index contributed by atoms with van der Waals surface area (Å²) < 4.78 is 5.23. The number of aromatic amines is 1. The number of amides is 2. The minimum absolute atomic E-state index is 0.0788. The summed E-state index contributed by atoms with van der Waals surface area (Å²) in [5, 5.41) is 6.55. The molecule has 1 fully saturated rings. The first-order valence-corrected chi connectivity index (χ1v) is 10.7. The Morgan fingerprint density at radius 2 is 2.03 bits per heavy atom. The molecule has 0 spiro atoms. The molecule has 1 aliphatic rings. The van der Waals surface area contributed by atoms with Crippen molar-refractivity contribution in [3.63, 3.8) is 0 Å². The molecule has 1 aliphatic heterocycles. The molecule has 0 bridgehead atoms. The number of benzene rings is 1. The topological polar surface area (TPSA) is 99.4 Å². The van der Waals surface area contributed by atoms with E-state index >= 15 is 0 Å². The van der Waals surface area contributed by atoms with Gasteiger partial charge in [0.25, 0.3) is 0 Å². The van der Waals surface area contributed by atoms with Gasteiger partial charge in [-0.1, -0.05) is 11.6 Å². The summed E-state index contributed by atoms with van der Waals surface area (Å²) in [5.74, 6) is 0.589. The highest BCUT2D eigenvalue weighted by atomic mass is 35.5. The molecule has 1 saturated heterocycles. The lowest BCUT2D eigenvalue weighted by Gasteiger charge is -2.39. The van der Waals surface area contributed by atoms with Gasteiger partial charge in [0, 0.05) is 59.4 Å². The van der Waals surface area contributed by atoms with E-state index in [-0.39, 0.29) is 23.6 Å². The number of nitrogens with zero attached hydrogens (tertiary/aromatic N) is 2. The van der Waals surface area contributed by atoms with Crippen LogP contribution in [-0.4, -0.2) is 42.2 Å². The van der Waals surface area contributed by atoms with E-state index in [2.05, 4.69) is 25.5 Å². The summed E-state index contributed by atoms with van der Waals surface area (Å²) in [4.78, 5) is 33.8. The van der Waals surface area contributed by atoms with Crippen molar-refractivity contribution in [1.29, 1.82) is 0 Å². The fourth-order valence-corrected chi connectivity index (χ4v) is 4.02. The van der Waals surface area contributed by atoms with Crippen molar-refractivity contribution in [1.82, 2.24) is 15.3 Å². The molecule has 1 aromatic carbocycles. The van der Waals surface area contributed by atoms with Crippen LogP contribution in [0.25, 0.3) is 0 Å². The van der Waals surface area contributed by atoms with Gasteiger partial charge >= 0.3 is 6.03 Å². The van der Waals surface area contributed by atoms with Gasteiger partial charge in [-0.05, 0) is 48.9 Å². The third-order valence-corrected chi connectivity index (χ3v) is 5.78. The second kappa shape index (κ2) is 9.74. The van der Waals surface area contributed by atoms with Crippen LogP contribution in [0.4, 0.5) is 16.2 Å². The van der Waals surface area contributed by atoms with Gasteiger partial charge in [0.15, 0.2) is 0 Å². The van der Waals surface area contributed by atoms with E-state index in [1.54, 1.807) is 49.8 Å². The Kier molecular flexibility index (Phi) is 6.61. The van der Waals surface area contributed by atoms with Crippen molar-refractivity contribution < 1.29 is 9.53 Å². The predicted octanol–water partition coefficient (Wildman–Crippen LogP) is 3.62. The van der Waals surface area contributed by atoms with Crippen LogP contribution in [0.3, 0.4) is 0 Å². The van der Waals surface area contributed by atoms with Crippen LogP contribution in [0, 0.1) is 0 Å². The molecule has 0 radical (unpaired) electrons. The lowest BCUT2D eigenvalue weighted by Crippen LogP contribution is -2.51. The summed E-state index contributed by atoms with van der Waals surface area (Å²) >= 11 is 5.92. The zero-order valence-corrected chi connectivity index (χ0v) is 18.3. The average Bonchev–Trinajstić information content (AvgIpc) is 2.81. The maximum absolute atomic E-state index is 12.7. The molecule has 3 aromatic rings. The molecule has 3 heterocycles. The molecule has 32 heavy (non-hydrogen) atoms. The van der Waals surface area contributed by atoms with Crippen LogP contribution < -0.4 is 25.8 Å². The highest BCUT2D eigenvalue weighted by molar-refractivity contribution is 6.30. The van der Waals surface area contributed by atoms with Crippen molar-refractivity contribution in [2.75, 3.05) is 30.4 Å². The molecular formula is C23H24ClN5O3. The molecule has 166 valence electrons. The smallest absolute Gasteiger partial charge is 0.319 e. The van der Waals surface area contributed by atoms with Gasteiger partial charge in [-0.25, -0.2) is 4.79 Å². The van der Waals surface area contributed by atoms with Gasteiger partial charge in [-0.2, -0.15) is 0 Å². The number of hydrogen-bond acceptors (Lipinski definition) is 5. The summed E-state index contributed by atoms with van der Waals surface area (Å²) in [6.45, 7) is 1.30. The number of methoxy groups -OCH3 is 1. The lowest BCUT2D eigenvalue weighted by atomic mass is 9.88. The molecule has 3 N–H and O–H groups in total. The van der Waals surface area contributed by atoms with Gasteiger partial charge < -0.3 is 25.3 Å². The number of H-pyrrole nitrogens is 1. The zero-order chi connectivity index (χ0) is 22.5. The maximum atomic E-state index is 12.7. The van der Waals surface area contributed by atoms with Gasteiger partial charge in [-0.3, -0.25) is 9.78 Å². The van der Waals surface area contributed by atoms with E-state index in [4.69, 9.17) is 16.3 Å². The molecule has 4 rings (SSSR count). The Balaban J connectivity index is 1.53. The Hall–Kier alpha value is -3.52. The summed E-state index contributed by atoms with van der Waals surface area (Å²) in [6, 6.07) is 13.8. The van der Waals surface area contributed by atoms with Crippen LogP contribution in [0.15, 0.2) is 65.7 Å². The average molecular weight is 454 g/mol. The highest BCUT2D eigenvalue weighted by Gasteiger charge is 2.33. The number of pyridine rings is 2. The minimum Gasteiger partial charge on any atom is -0.495 e. The number of urea groups is 1. The van der Waals surface area contributed by atoms with E-state index in [0.717, 1.165) is 11.4 Å². The Labute approximate surface area is 190 Å². The van der Waals surface area contributed by atoms with E-state index in [9.17, 15) is 9.59 Å². The first-order valence-electron chi connectivity index (χ1n) is 10.3. The third kappa shape index (κ3) is 5.20. The van der Waals surface area contributed by atoms with E-state index in [1.807, 2.05) is 18.2 Å². The maximum Gasteiger partial charge on any atom is 0.319 e. The number of ether oxygens (including phenoxy) is 1. The lowest BCUT2D eigenvalue weighted by molar-refractivity contribution is 0.243. The fraction of sp³-hybridized carbons (Fsp3) is 0.261. The first-order chi connectivity index (χ1) is 15.5. The monoisotopic (exact) mass is 453 g/mol. The Morgan fingerprint density at radius 1 is 1.22 bits per heavy atom. The van der Waals surface area contributed by atoms with Crippen LogP contribution in [0.5, 0.6) is 5.75 Å². The second-order valence-electron chi connectivity index (χ2n) is 7.59. The van der Waals surface area contributed by atoms with Crippen molar-refractivity contribution in [3.8, 4) is 5.75 Å². The minimum atomic E-state index is -0.291. The molecule has 2 amide bonds. The first kappa shape index (κ1) is 21.7. The molecule has 2 aromatic heterocycles. The fourth-order valence-electron chi connectivity index (χ4n) is 3.89. The third-order valence-electron chi connectivity index (χ3n) is 5.53. The largest absolute Gasteiger partial charge is 0.495 e. The van der Waals surface area contributed by atoms with E-state index in [0.29, 0.717) is 36.0 Å². The van der Waals surface area contributed by atoms with Crippen LogP contribution >= 0.6 is 11.6 Å². The molecule has 0 aliphatic carbocycles. The number of carbonyl (C=O) groups is 1. The molecule has 8 nitrogen and oxygen atoms in total. The van der Waals surface area contributed by atoms with Gasteiger partial charge in [0.2, 0.25) is 5.56 Å². The quantitative estimate of drug-likeness (QED) is 0.548. The SMILES string of the molecule is COc1ccc([C@@H]2CN(c3cc[nH]c(=O)c3)CC[C@H]2NC(=O)Nc2ccc(Cl)cc2)nc1. The Bertz CT molecular complexity index is 1120. The normalized spacial score (nSPS) is 18.1. The molecule has 0 unspecified atom stereocenters. The van der Waals surface area contributed by atoms with Crippen LogP contribution in [-0.2, 0) is 0 Å². The number of anilines is 2. The van der Waals surface area contributed by atoms with Crippen molar-refractivity contribution in [3.05, 3.63) is 82.0 Å². The number of rotatable bonds is 5. The highest BCUT2D eigenvalue weighted by Crippen LogP contribution is 2.30. The van der Waals surface area contributed by atoms with E-state index < -0.39 is 0 Å². The number of nitrogens with one attached hydrogen (secondary N) is 3. The predicted molar refractivity (Wildman–Crippen MR) is 125 cm³/mol. The van der Waals surface area contributed by atoms with E-state index in [1.165, 1.54) is 0 Å². The molecule has 0 saturated carbocycles. The van der Waals surface area contributed by atoms with Crippen molar-refractivity contribution in [2.24, 2.45) is 0 Å². The molecular weight excluding hydrogens is 430 g/mol. The van der Waals surface area contributed by atoms with Gasteiger partial charge in [0.05, 0.1) is 13.3 Å². The number of piperidine rings is 1. The van der Waals surface area contributed by atoms with Gasteiger partial charge in [-0.15, -0.1) is 0 Å². The zero-order valence-electron chi connectivity index (χ0n) is 17.5. The summed E-state index contributed by atoms with van der Waals surface area (Å²) in [5.41, 5.74) is 2.20. The number of halogens is 1. The number of hydrogen-bond donors (Lipinski definition) is 3. The van der Waals surface area contributed by atoms with Gasteiger partial charge in [0.1, 0.15) is 5.75 Å². The van der Waals surface area contributed by atoms with Crippen LogP contribution in [0.2, 0.25) is 5.02 Å². The summed E-state index contributed by atoms with van der Waals surface area (Å²) in [6.07, 6.45) is 4.01. The summed E-state index contributed by atoms with van der Waals surface area (Å²) in [7, 11) is 1.59. The second-order valence-corrected chi connectivity index (χ2v) is 8.02. The molecule has 9 heteroatoms. The van der Waals surface area contributed by atoms with Crippen molar-refractivity contribution >= 4 is 29.0 Å². The van der Waals surface area contributed by atoms with Crippen molar-refractivity contribution in [2.45, 2.75) is 18.4 Å². The number of carbonyl (C=O) groups excluding carboxylic acids is 1. The number of aromatic nitrogens is 2. The standard InChI is InChI=1S/C23H24ClN5O3/c1-32-18-6-7-20(26-13-18)19-14-29(17-8-10-25-22(30)12-17)11-9-21(19)28-23(31)27-16-4-2-15(24)3-5-16/h2-8,10,12-13,19,21H,9,11,14H2,1H3,(H,25,30)(H2,27,28,31)/t19-,21+/m0/s1. The van der Waals surface area contributed by atoms with Crippen LogP contribution in [0.1, 0.15) is 18.0 Å².